The van der Waals surface area contributed by atoms with E-state index < -0.39 is 0 Å². The molecular weight excluding hydrogens is 252 g/mol. The average Bonchev–Trinajstić information content (AvgIpc) is 2.37. The van der Waals surface area contributed by atoms with Gasteiger partial charge in [0.25, 0.3) is 0 Å². The molecule has 1 aliphatic carbocycles. The van der Waals surface area contributed by atoms with Crippen molar-refractivity contribution in [1.29, 1.82) is 0 Å². The summed E-state index contributed by atoms with van der Waals surface area (Å²) >= 11 is 0. The molecule has 0 saturated heterocycles. The molecule has 1 aromatic carbocycles. The highest BCUT2D eigenvalue weighted by Gasteiger charge is 2.32. The zero-order valence-electron chi connectivity index (χ0n) is 11.5. The van der Waals surface area contributed by atoms with Gasteiger partial charge in [-0.05, 0) is 25.3 Å². The molecule has 0 radical (unpaired) electrons. The lowest BCUT2D eigenvalue weighted by atomic mass is 9.80. The SMILES string of the molecule is Cc1nc(O)cc(C2CC(OCc3ccccc3)C2)n1. The minimum Gasteiger partial charge on any atom is -0.493 e. The quantitative estimate of drug-likeness (QED) is 0.928. The van der Waals surface area contributed by atoms with E-state index in [1.54, 1.807) is 13.0 Å². The lowest BCUT2D eigenvalue weighted by molar-refractivity contribution is -0.0215. The van der Waals surface area contributed by atoms with E-state index in [2.05, 4.69) is 22.1 Å². The Morgan fingerprint density at radius 1 is 1.20 bits per heavy atom. The maximum atomic E-state index is 9.50. The minimum absolute atomic E-state index is 0.0566. The van der Waals surface area contributed by atoms with Crippen LogP contribution in [0.2, 0.25) is 0 Å². The molecule has 0 amide bonds. The Hall–Kier alpha value is -1.94. The molecule has 1 fully saturated rings. The van der Waals surface area contributed by atoms with Crippen molar-refractivity contribution in [2.45, 2.75) is 38.4 Å². The van der Waals surface area contributed by atoms with Gasteiger partial charge in [0.05, 0.1) is 18.4 Å². The fraction of sp³-hybridized carbons (Fsp3) is 0.375. The molecule has 1 saturated carbocycles. The molecule has 1 aromatic heterocycles. The number of aromatic hydroxyl groups is 1. The molecule has 3 rings (SSSR count). The van der Waals surface area contributed by atoms with E-state index in [0.29, 0.717) is 18.3 Å². The van der Waals surface area contributed by atoms with E-state index in [4.69, 9.17) is 4.74 Å². The van der Waals surface area contributed by atoms with Crippen molar-refractivity contribution in [2.75, 3.05) is 0 Å². The second-order valence-electron chi connectivity index (χ2n) is 5.29. The molecule has 1 N–H and O–H groups in total. The highest BCUT2D eigenvalue weighted by atomic mass is 16.5. The first-order valence-electron chi connectivity index (χ1n) is 6.91. The van der Waals surface area contributed by atoms with Gasteiger partial charge in [-0.15, -0.1) is 0 Å². The molecular formula is C16H18N2O2. The highest BCUT2D eigenvalue weighted by Crippen LogP contribution is 2.38. The monoisotopic (exact) mass is 270 g/mol. The van der Waals surface area contributed by atoms with Gasteiger partial charge >= 0.3 is 0 Å². The van der Waals surface area contributed by atoms with Crippen LogP contribution in [0.25, 0.3) is 0 Å². The fourth-order valence-electron chi connectivity index (χ4n) is 2.52. The average molecular weight is 270 g/mol. The summed E-state index contributed by atoms with van der Waals surface area (Å²) in [6.07, 6.45) is 2.21. The van der Waals surface area contributed by atoms with E-state index in [9.17, 15) is 5.11 Å². The summed E-state index contributed by atoms with van der Waals surface area (Å²) in [7, 11) is 0. The normalized spacial score (nSPS) is 21.4. The van der Waals surface area contributed by atoms with Crippen molar-refractivity contribution in [3.05, 3.63) is 53.5 Å². The van der Waals surface area contributed by atoms with E-state index in [1.165, 1.54) is 5.56 Å². The molecule has 1 heterocycles. The Morgan fingerprint density at radius 3 is 2.65 bits per heavy atom. The van der Waals surface area contributed by atoms with Gasteiger partial charge in [-0.25, -0.2) is 4.98 Å². The first-order valence-corrected chi connectivity index (χ1v) is 6.91. The number of ether oxygens (including phenoxy) is 1. The third kappa shape index (κ3) is 2.96. The predicted octanol–water partition coefficient (Wildman–Crippen LogP) is 2.95. The van der Waals surface area contributed by atoms with Gasteiger partial charge in [0.2, 0.25) is 5.88 Å². The van der Waals surface area contributed by atoms with Crippen molar-refractivity contribution in [1.82, 2.24) is 9.97 Å². The Kier molecular flexibility index (Phi) is 3.65. The Balaban J connectivity index is 1.51. The van der Waals surface area contributed by atoms with Gasteiger partial charge in [-0.3, -0.25) is 0 Å². The number of nitrogens with zero attached hydrogens (tertiary/aromatic N) is 2. The molecule has 4 nitrogen and oxygen atoms in total. The van der Waals surface area contributed by atoms with Crippen LogP contribution in [0.15, 0.2) is 36.4 Å². The van der Waals surface area contributed by atoms with Gasteiger partial charge in [0, 0.05) is 12.0 Å². The molecule has 20 heavy (non-hydrogen) atoms. The number of benzene rings is 1. The number of hydrogen-bond acceptors (Lipinski definition) is 4. The van der Waals surface area contributed by atoms with Crippen LogP contribution in [0.1, 0.15) is 35.8 Å². The summed E-state index contributed by atoms with van der Waals surface area (Å²) in [5, 5.41) is 9.50. The topological polar surface area (TPSA) is 55.2 Å². The molecule has 0 bridgehead atoms. The standard InChI is InChI=1S/C16H18N2O2/c1-11-17-15(9-16(19)18-11)13-7-14(8-13)20-10-12-5-3-2-4-6-12/h2-6,9,13-14H,7-8,10H2,1H3,(H,17,18,19). The summed E-state index contributed by atoms with van der Waals surface area (Å²) in [6.45, 7) is 2.46. The molecule has 0 unspecified atom stereocenters. The summed E-state index contributed by atoms with van der Waals surface area (Å²) in [5.74, 6) is 1.05. The summed E-state index contributed by atoms with van der Waals surface area (Å²) in [4.78, 5) is 8.27. The molecule has 0 atom stereocenters. The number of aromatic nitrogens is 2. The molecule has 0 spiro atoms. The van der Waals surface area contributed by atoms with Crippen LogP contribution in [-0.2, 0) is 11.3 Å². The maximum Gasteiger partial charge on any atom is 0.214 e. The molecule has 4 heteroatoms. The zero-order chi connectivity index (χ0) is 13.9. The van der Waals surface area contributed by atoms with E-state index in [1.807, 2.05) is 18.2 Å². The lowest BCUT2D eigenvalue weighted by Crippen LogP contribution is -2.30. The van der Waals surface area contributed by atoms with Crippen molar-refractivity contribution in [3.63, 3.8) is 0 Å². The molecule has 0 aliphatic heterocycles. The van der Waals surface area contributed by atoms with Crippen LogP contribution in [-0.4, -0.2) is 21.2 Å². The third-order valence-corrected chi connectivity index (χ3v) is 3.69. The number of rotatable bonds is 4. The van der Waals surface area contributed by atoms with Gasteiger partial charge in [-0.1, -0.05) is 30.3 Å². The van der Waals surface area contributed by atoms with E-state index >= 15 is 0 Å². The smallest absolute Gasteiger partial charge is 0.214 e. The maximum absolute atomic E-state index is 9.50. The third-order valence-electron chi connectivity index (χ3n) is 3.69. The Labute approximate surface area is 118 Å². The second-order valence-corrected chi connectivity index (χ2v) is 5.29. The van der Waals surface area contributed by atoms with Crippen LogP contribution in [0.4, 0.5) is 0 Å². The zero-order valence-corrected chi connectivity index (χ0v) is 11.5. The first-order chi connectivity index (χ1) is 9.70. The van der Waals surface area contributed by atoms with Gasteiger partial charge < -0.3 is 9.84 Å². The Morgan fingerprint density at radius 2 is 1.95 bits per heavy atom. The second kappa shape index (κ2) is 5.59. The largest absolute Gasteiger partial charge is 0.493 e. The molecule has 104 valence electrons. The molecule has 2 aromatic rings. The van der Waals surface area contributed by atoms with Crippen LogP contribution in [0.3, 0.4) is 0 Å². The number of aryl methyl sites for hydroxylation is 1. The molecule has 1 aliphatic rings. The minimum atomic E-state index is 0.0566. The number of hydrogen-bond donors (Lipinski definition) is 1. The van der Waals surface area contributed by atoms with Gasteiger partial charge in [0.1, 0.15) is 5.82 Å². The van der Waals surface area contributed by atoms with Crippen molar-refractivity contribution in [2.24, 2.45) is 0 Å². The predicted molar refractivity (Wildman–Crippen MR) is 75.4 cm³/mol. The highest BCUT2D eigenvalue weighted by molar-refractivity contribution is 5.20. The Bertz CT molecular complexity index is 560. The van der Waals surface area contributed by atoms with Crippen molar-refractivity contribution < 1.29 is 9.84 Å². The van der Waals surface area contributed by atoms with Gasteiger partial charge in [-0.2, -0.15) is 4.98 Å². The van der Waals surface area contributed by atoms with Crippen LogP contribution in [0, 0.1) is 6.92 Å². The van der Waals surface area contributed by atoms with Gasteiger partial charge in [0.15, 0.2) is 0 Å². The van der Waals surface area contributed by atoms with E-state index in [0.717, 1.165) is 18.5 Å². The van der Waals surface area contributed by atoms with Crippen molar-refractivity contribution in [3.8, 4) is 5.88 Å². The van der Waals surface area contributed by atoms with Crippen LogP contribution < -0.4 is 0 Å². The lowest BCUT2D eigenvalue weighted by Gasteiger charge is -2.34. The summed E-state index contributed by atoms with van der Waals surface area (Å²) < 4.78 is 5.87. The van der Waals surface area contributed by atoms with Crippen LogP contribution in [0.5, 0.6) is 5.88 Å². The summed E-state index contributed by atoms with van der Waals surface area (Å²) in [6, 6.07) is 11.9. The van der Waals surface area contributed by atoms with E-state index in [-0.39, 0.29) is 12.0 Å². The van der Waals surface area contributed by atoms with Crippen LogP contribution >= 0.6 is 0 Å². The summed E-state index contributed by atoms with van der Waals surface area (Å²) in [5.41, 5.74) is 2.13. The van der Waals surface area contributed by atoms with Crippen molar-refractivity contribution >= 4 is 0 Å². The first kappa shape index (κ1) is 13.1. The fourth-order valence-corrected chi connectivity index (χ4v) is 2.52.